The molecule has 0 radical (unpaired) electrons. The molecule has 2 aromatic rings. The number of H-pyrrole nitrogens is 1. The Balaban J connectivity index is 0.00000180. The summed E-state index contributed by atoms with van der Waals surface area (Å²) in [7, 11) is 4.04. The highest BCUT2D eigenvalue weighted by Gasteiger charge is 2.04. The van der Waals surface area contributed by atoms with Gasteiger partial charge >= 0.3 is 0 Å². The van der Waals surface area contributed by atoms with E-state index in [2.05, 4.69) is 9.88 Å². The topological polar surface area (TPSA) is 41.0 Å². The van der Waals surface area contributed by atoms with E-state index in [1.54, 1.807) is 4.57 Å². The van der Waals surface area contributed by atoms with Gasteiger partial charge in [0.2, 0.25) is 0 Å². The van der Waals surface area contributed by atoms with E-state index in [-0.39, 0.29) is 18.0 Å². The molecule has 1 aromatic heterocycles. The van der Waals surface area contributed by atoms with Crippen LogP contribution in [0.3, 0.4) is 0 Å². The minimum Gasteiger partial charge on any atom is -0.332 e. The summed E-state index contributed by atoms with van der Waals surface area (Å²) in [6, 6.07) is 7.45. The summed E-state index contributed by atoms with van der Waals surface area (Å²) >= 11 is 5.24. The number of para-hydroxylation sites is 1. The van der Waals surface area contributed by atoms with Crippen LogP contribution in [-0.4, -0.2) is 35.1 Å². The second kappa shape index (κ2) is 6.84. The highest BCUT2D eigenvalue weighted by Crippen LogP contribution is 2.06. The number of hydrogen-bond donors (Lipinski definition) is 1. The van der Waals surface area contributed by atoms with Crippen LogP contribution in [0.4, 0.5) is 0 Å². The lowest BCUT2D eigenvalue weighted by Gasteiger charge is -2.11. The fourth-order valence-corrected chi connectivity index (χ4v) is 2.23. The van der Waals surface area contributed by atoms with Crippen molar-refractivity contribution in [1.82, 2.24) is 14.5 Å². The predicted molar refractivity (Wildman–Crippen MR) is 83.8 cm³/mol. The van der Waals surface area contributed by atoms with Crippen LogP contribution in [0.15, 0.2) is 29.1 Å². The summed E-state index contributed by atoms with van der Waals surface area (Å²) in [6.45, 7) is 1.59. The second-order valence-electron chi connectivity index (χ2n) is 4.59. The van der Waals surface area contributed by atoms with Crippen LogP contribution in [0.2, 0.25) is 0 Å². The SMILES string of the molecule is CN(C)CCCn1c(=S)[nH]c2ccccc2c1=O.Cl. The highest BCUT2D eigenvalue weighted by atomic mass is 35.5. The lowest BCUT2D eigenvalue weighted by atomic mass is 10.2. The Morgan fingerprint density at radius 2 is 2.00 bits per heavy atom. The van der Waals surface area contributed by atoms with Gasteiger partial charge in [-0.3, -0.25) is 9.36 Å². The quantitative estimate of drug-likeness (QED) is 0.882. The van der Waals surface area contributed by atoms with Crippen molar-refractivity contribution in [3.63, 3.8) is 0 Å². The minimum atomic E-state index is -0.00638. The van der Waals surface area contributed by atoms with E-state index in [9.17, 15) is 4.79 Å². The van der Waals surface area contributed by atoms with Crippen LogP contribution in [0, 0.1) is 4.77 Å². The summed E-state index contributed by atoms with van der Waals surface area (Å²) in [5.41, 5.74) is 0.796. The van der Waals surface area contributed by atoms with Crippen molar-refractivity contribution in [3.05, 3.63) is 39.4 Å². The number of hydrogen-bond acceptors (Lipinski definition) is 3. The van der Waals surface area contributed by atoms with Crippen LogP contribution in [0.25, 0.3) is 10.9 Å². The Bertz CT molecular complexity index is 663. The number of fused-ring (bicyclic) bond motifs is 1. The minimum absolute atomic E-state index is 0. The molecule has 0 saturated heterocycles. The van der Waals surface area contributed by atoms with Crippen molar-refractivity contribution in [1.29, 1.82) is 0 Å². The van der Waals surface area contributed by atoms with Gasteiger partial charge in [0, 0.05) is 6.54 Å². The maximum Gasteiger partial charge on any atom is 0.262 e. The molecule has 0 aliphatic carbocycles. The average Bonchev–Trinajstić information content (AvgIpc) is 2.33. The predicted octanol–water partition coefficient (Wildman–Crippen LogP) is 2.43. The van der Waals surface area contributed by atoms with Crippen molar-refractivity contribution in [2.75, 3.05) is 20.6 Å². The third-order valence-electron chi connectivity index (χ3n) is 2.88. The van der Waals surface area contributed by atoms with Crippen LogP contribution in [0.5, 0.6) is 0 Å². The van der Waals surface area contributed by atoms with E-state index < -0.39 is 0 Å². The Morgan fingerprint density at radius 1 is 1.32 bits per heavy atom. The summed E-state index contributed by atoms with van der Waals surface area (Å²) in [6.07, 6.45) is 0.905. The molecule has 0 atom stereocenters. The van der Waals surface area contributed by atoms with E-state index in [0.717, 1.165) is 18.5 Å². The zero-order valence-corrected chi connectivity index (χ0v) is 12.7. The van der Waals surface area contributed by atoms with E-state index in [4.69, 9.17) is 12.2 Å². The normalized spacial score (nSPS) is 10.7. The maximum atomic E-state index is 12.3. The summed E-state index contributed by atoms with van der Waals surface area (Å²) < 4.78 is 2.14. The number of rotatable bonds is 4. The first kappa shape index (κ1) is 15.9. The molecular weight excluding hydrogens is 282 g/mol. The van der Waals surface area contributed by atoms with Gasteiger partial charge in [-0.1, -0.05) is 12.1 Å². The number of nitrogens with zero attached hydrogens (tertiary/aromatic N) is 2. The Kier molecular flexibility index (Phi) is 5.72. The number of halogens is 1. The highest BCUT2D eigenvalue weighted by molar-refractivity contribution is 7.71. The molecule has 0 unspecified atom stereocenters. The van der Waals surface area contributed by atoms with Crippen LogP contribution in [0.1, 0.15) is 6.42 Å². The zero-order valence-electron chi connectivity index (χ0n) is 11.0. The van der Waals surface area contributed by atoms with E-state index in [1.807, 2.05) is 38.4 Å². The van der Waals surface area contributed by atoms with Gasteiger partial charge in [0.05, 0.1) is 10.9 Å². The molecule has 104 valence electrons. The maximum absolute atomic E-state index is 12.3. The van der Waals surface area contributed by atoms with E-state index in [1.165, 1.54) is 0 Å². The molecule has 1 heterocycles. The standard InChI is InChI=1S/C13H17N3OS.ClH/c1-15(2)8-5-9-16-12(17)10-6-3-4-7-11(10)14-13(16)18;/h3-4,6-7H,5,8-9H2,1-2H3,(H,14,18);1H. The van der Waals surface area contributed by atoms with Crippen molar-refractivity contribution in [2.24, 2.45) is 0 Å². The lowest BCUT2D eigenvalue weighted by molar-refractivity contribution is 0.384. The Hall–Kier alpha value is -1.17. The van der Waals surface area contributed by atoms with Gasteiger partial charge in [0.15, 0.2) is 4.77 Å². The molecule has 0 aliphatic rings. The average molecular weight is 300 g/mol. The molecule has 0 aliphatic heterocycles. The molecule has 0 saturated carbocycles. The summed E-state index contributed by atoms with van der Waals surface area (Å²) in [5.74, 6) is 0. The monoisotopic (exact) mass is 299 g/mol. The molecule has 0 fully saturated rings. The van der Waals surface area contributed by atoms with Gasteiger partial charge in [-0.15, -0.1) is 12.4 Å². The Morgan fingerprint density at radius 3 is 2.68 bits per heavy atom. The van der Waals surface area contributed by atoms with Crippen molar-refractivity contribution >= 4 is 35.5 Å². The van der Waals surface area contributed by atoms with Crippen molar-refractivity contribution in [3.8, 4) is 0 Å². The van der Waals surface area contributed by atoms with Gasteiger partial charge in [0.1, 0.15) is 0 Å². The number of aromatic amines is 1. The van der Waals surface area contributed by atoms with Crippen LogP contribution in [-0.2, 0) is 6.54 Å². The first-order valence-corrected chi connectivity index (χ1v) is 6.37. The molecule has 1 N–H and O–H groups in total. The lowest BCUT2D eigenvalue weighted by Crippen LogP contribution is -2.24. The first-order chi connectivity index (χ1) is 8.59. The van der Waals surface area contributed by atoms with Crippen molar-refractivity contribution < 1.29 is 0 Å². The van der Waals surface area contributed by atoms with Gasteiger partial charge < -0.3 is 9.88 Å². The van der Waals surface area contributed by atoms with Crippen LogP contribution >= 0.6 is 24.6 Å². The fraction of sp³-hybridized carbons (Fsp3) is 0.385. The first-order valence-electron chi connectivity index (χ1n) is 5.96. The molecule has 0 bridgehead atoms. The fourth-order valence-electron chi connectivity index (χ4n) is 1.95. The van der Waals surface area contributed by atoms with Gasteiger partial charge in [-0.25, -0.2) is 0 Å². The zero-order chi connectivity index (χ0) is 13.1. The molecule has 0 amide bonds. The van der Waals surface area contributed by atoms with Gasteiger partial charge in [0.25, 0.3) is 5.56 Å². The van der Waals surface area contributed by atoms with Gasteiger partial charge in [-0.2, -0.15) is 0 Å². The van der Waals surface area contributed by atoms with Crippen LogP contribution < -0.4 is 5.56 Å². The Labute approximate surface area is 123 Å². The number of aromatic nitrogens is 2. The molecular formula is C13H18ClN3OS. The number of nitrogens with one attached hydrogen (secondary N) is 1. The number of benzene rings is 1. The molecule has 1 aromatic carbocycles. The van der Waals surface area contributed by atoms with Gasteiger partial charge in [-0.05, 0) is 51.4 Å². The molecule has 6 heteroatoms. The third-order valence-corrected chi connectivity index (χ3v) is 3.20. The molecule has 4 nitrogen and oxygen atoms in total. The third kappa shape index (κ3) is 3.65. The second-order valence-corrected chi connectivity index (χ2v) is 4.98. The van der Waals surface area contributed by atoms with E-state index >= 15 is 0 Å². The van der Waals surface area contributed by atoms with E-state index in [0.29, 0.717) is 16.7 Å². The molecule has 2 rings (SSSR count). The summed E-state index contributed by atoms with van der Waals surface area (Å²) in [4.78, 5) is 17.5. The molecule has 19 heavy (non-hydrogen) atoms. The smallest absolute Gasteiger partial charge is 0.262 e. The largest absolute Gasteiger partial charge is 0.332 e. The molecule has 0 spiro atoms. The van der Waals surface area contributed by atoms with Crippen molar-refractivity contribution in [2.45, 2.75) is 13.0 Å². The summed E-state index contributed by atoms with van der Waals surface area (Å²) in [5, 5.41) is 0.691.